The van der Waals surface area contributed by atoms with Crippen LogP contribution in [-0.2, 0) is 0 Å². The topological polar surface area (TPSA) is 30.3 Å². The monoisotopic (exact) mass is 265 g/mol. The van der Waals surface area contributed by atoms with Crippen molar-refractivity contribution in [3.8, 4) is 5.88 Å². The minimum atomic E-state index is 0.592. The fraction of sp³-hybridized carbons (Fsp3) is 0.800. The van der Waals surface area contributed by atoms with E-state index < -0.39 is 0 Å². The van der Waals surface area contributed by atoms with Gasteiger partial charge < -0.3 is 9.64 Å². The molecule has 1 aliphatic rings. The summed E-state index contributed by atoms with van der Waals surface area (Å²) in [6.07, 6.45) is 8.65. The molecule has 1 heterocycles. The number of aromatic nitrogens is 2. The van der Waals surface area contributed by atoms with Crippen molar-refractivity contribution in [1.82, 2.24) is 14.7 Å². The van der Waals surface area contributed by atoms with Crippen LogP contribution in [0.25, 0.3) is 0 Å². The van der Waals surface area contributed by atoms with Crippen molar-refractivity contribution in [1.29, 1.82) is 0 Å². The summed E-state index contributed by atoms with van der Waals surface area (Å²) in [5, 5.41) is 4.56. The van der Waals surface area contributed by atoms with Gasteiger partial charge in [0.05, 0.1) is 6.04 Å². The molecule has 19 heavy (non-hydrogen) atoms. The van der Waals surface area contributed by atoms with Gasteiger partial charge in [-0.25, -0.2) is 0 Å². The Morgan fingerprint density at radius 2 is 2.00 bits per heavy atom. The quantitative estimate of drug-likeness (QED) is 0.759. The molecule has 0 saturated heterocycles. The van der Waals surface area contributed by atoms with Crippen LogP contribution in [0.5, 0.6) is 5.88 Å². The third-order valence-corrected chi connectivity index (χ3v) is 4.08. The molecule has 1 saturated carbocycles. The smallest absolute Gasteiger partial charge is 0.232 e. The molecule has 1 aromatic heterocycles. The van der Waals surface area contributed by atoms with Crippen molar-refractivity contribution in [3.05, 3.63) is 12.3 Å². The summed E-state index contributed by atoms with van der Waals surface area (Å²) < 4.78 is 7.84. The number of hydrogen-bond donors (Lipinski definition) is 0. The van der Waals surface area contributed by atoms with Gasteiger partial charge in [0, 0.05) is 18.8 Å². The van der Waals surface area contributed by atoms with E-state index in [1.165, 1.54) is 32.1 Å². The highest BCUT2D eigenvalue weighted by Gasteiger charge is 2.16. The van der Waals surface area contributed by atoms with Gasteiger partial charge in [0.1, 0.15) is 6.61 Å². The van der Waals surface area contributed by atoms with Gasteiger partial charge in [0.25, 0.3) is 0 Å². The summed E-state index contributed by atoms with van der Waals surface area (Å²) in [5.74, 6) is 0.776. The highest BCUT2D eigenvalue weighted by atomic mass is 16.5. The Morgan fingerprint density at radius 3 is 2.68 bits per heavy atom. The van der Waals surface area contributed by atoms with Gasteiger partial charge in [0.2, 0.25) is 5.88 Å². The molecule has 0 bridgehead atoms. The Morgan fingerprint density at radius 1 is 1.26 bits per heavy atom. The van der Waals surface area contributed by atoms with Crippen LogP contribution in [0.2, 0.25) is 0 Å². The predicted octanol–water partition coefficient (Wildman–Crippen LogP) is 3.11. The average molecular weight is 265 g/mol. The highest BCUT2D eigenvalue weighted by Crippen LogP contribution is 2.28. The molecule has 0 aliphatic heterocycles. The minimum Gasteiger partial charge on any atom is -0.475 e. The lowest BCUT2D eigenvalue weighted by Crippen LogP contribution is -2.28. The van der Waals surface area contributed by atoms with E-state index in [4.69, 9.17) is 4.74 Å². The molecular weight excluding hydrogens is 238 g/mol. The van der Waals surface area contributed by atoms with Crippen molar-refractivity contribution in [2.24, 2.45) is 0 Å². The van der Waals surface area contributed by atoms with Crippen LogP contribution in [-0.4, -0.2) is 40.9 Å². The first-order valence-electron chi connectivity index (χ1n) is 7.73. The molecule has 0 N–H and O–H groups in total. The fourth-order valence-electron chi connectivity index (χ4n) is 2.77. The SMILES string of the molecule is CCN(CC)CCOc1ccn(C2CCCCC2)n1. The largest absolute Gasteiger partial charge is 0.475 e. The lowest BCUT2D eigenvalue weighted by Gasteiger charge is -2.21. The molecule has 1 aliphatic carbocycles. The molecule has 0 spiro atoms. The normalized spacial score (nSPS) is 17.0. The van der Waals surface area contributed by atoms with Crippen LogP contribution < -0.4 is 4.74 Å². The maximum absolute atomic E-state index is 5.74. The number of likely N-dealkylation sites (N-methyl/N-ethyl adjacent to an activating group) is 1. The first-order valence-corrected chi connectivity index (χ1v) is 7.73. The molecule has 2 rings (SSSR count). The number of ether oxygens (including phenoxy) is 1. The van der Waals surface area contributed by atoms with E-state index in [0.29, 0.717) is 6.04 Å². The summed E-state index contributed by atoms with van der Waals surface area (Å²) in [6, 6.07) is 2.59. The van der Waals surface area contributed by atoms with E-state index in [1.54, 1.807) is 0 Å². The van der Waals surface area contributed by atoms with E-state index in [-0.39, 0.29) is 0 Å². The van der Waals surface area contributed by atoms with Gasteiger partial charge in [-0.2, -0.15) is 0 Å². The number of hydrogen-bond acceptors (Lipinski definition) is 3. The number of rotatable bonds is 7. The minimum absolute atomic E-state index is 0.592. The van der Waals surface area contributed by atoms with Gasteiger partial charge in [-0.3, -0.25) is 4.68 Å². The van der Waals surface area contributed by atoms with Crippen molar-refractivity contribution in [2.75, 3.05) is 26.2 Å². The molecule has 1 fully saturated rings. The molecule has 0 amide bonds. The van der Waals surface area contributed by atoms with Crippen molar-refractivity contribution < 1.29 is 4.74 Å². The third kappa shape index (κ3) is 4.23. The molecule has 1 aromatic rings. The number of nitrogens with zero attached hydrogens (tertiary/aromatic N) is 3. The molecule has 4 heteroatoms. The Bertz CT molecular complexity index is 354. The lowest BCUT2D eigenvalue weighted by atomic mass is 9.96. The van der Waals surface area contributed by atoms with Crippen LogP contribution in [0.3, 0.4) is 0 Å². The summed E-state index contributed by atoms with van der Waals surface area (Å²) in [7, 11) is 0. The second-order valence-electron chi connectivity index (χ2n) is 5.30. The van der Waals surface area contributed by atoms with Crippen molar-refractivity contribution >= 4 is 0 Å². The standard InChI is InChI=1S/C15H27N3O/c1-3-17(4-2)12-13-19-15-10-11-18(16-15)14-8-6-5-7-9-14/h10-11,14H,3-9,12-13H2,1-2H3. The molecule has 4 nitrogen and oxygen atoms in total. The molecule has 0 unspecified atom stereocenters. The van der Waals surface area contributed by atoms with E-state index in [9.17, 15) is 0 Å². The first kappa shape index (κ1) is 14.4. The highest BCUT2D eigenvalue weighted by molar-refractivity contribution is 5.06. The van der Waals surface area contributed by atoms with E-state index in [1.807, 2.05) is 6.07 Å². The zero-order valence-corrected chi connectivity index (χ0v) is 12.3. The summed E-state index contributed by atoms with van der Waals surface area (Å²) in [4.78, 5) is 2.36. The second-order valence-corrected chi connectivity index (χ2v) is 5.30. The molecule has 0 atom stereocenters. The van der Waals surface area contributed by atoms with Gasteiger partial charge in [-0.15, -0.1) is 5.10 Å². The fourth-order valence-corrected chi connectivity index (χ4v) is 2.77. The Kier molecular flexibility index (Phi) is 5.70. The van der Waals surface area contributed by atoms with Gasteiger partial charge >= 0.3 is 0 Å². The Hall–Kier alpha value is -1.03. The van der Waals surface area contributed by atoms with Crippen LogP contribution in [0.15, 0.2) is 12.3 Å². The van der Waals surface area contributed by atoms with Crippen LogP contribution in [0.4, 0.5) is 0 Å². The van der Waals surface area contributed by atoms with E-state index >= 15 is 0 Å². The summed E-state index contributed by atoms with van der Waals surface area (Å²) >= 11 is 0. The summed E-state index contributed by atoms with van der Waals surface area (Å²) in [6.45, 7) is 8.22. The van der Waals surface area contributed by atoms with Gasteiger partial charge in [0.15, 0.2) is 0 Å². The van der Waals surface area contributed by atoms with Crippen molar-refractivity contribution in [3.63, 3.8) is 0 Å². The molecule has 108 valence electrons. The van der Waals surface area contributed by atoms with Crippen LogP contribution in [0, 0.1) is 0 Å². The van der Waals surface area contributed by atoms with Crippen LogP contribution >= 0.6 is 0 Å². The maximum atomic E-state index is 5.74. The maximum Gasteiger partial charge on any atom is 0.232 e. The molecule has 0 radical (unpaired) electrons. The molecular formula is C15H27N3O. The summed E-state index contributed by atoms with van der Waals surface area (Å²) in [5.41, 5.74) is 0. The van der Waals surface area contributed by atoms with Crippen molar-refractivity contribution in [2.45, 2.75) is 52.0 Å². The first-order chi connectivity index (χ1) is 9.33. The zero-order valence-electron chi connectivity index (χ0n) is 12.3. The second kappa shape index (κ2) is 7.53. The molecule has 0 aromatic carbocycles. The lowest BCUT2D eigenvalue weighted by molar-refractivity contribution is 0.214. The van der Waals surface area contributed by atoms with Gasteiger partial charge in [-0.05, 0) is 25.9 Å². The third-order valence-electron chi connectivity index (χ3n) is 4.08. The van der Waals surface area contributed by atoms with E-state index in [0.717, 1.165) is 32.1 Å². The van der Waals surface area contributed by atoms with E-state index in [2.05, 4.69) is 34.7 Å². The van der Waals surface area contributed by atoms with Gasteiger partial charge in [-0.1, -0.05) is 33.1 Å². The Labute approximate surface area is 116 Å². The Balaban J connectivity index is 1.77. The zero-order chi connectivity index (χ0) is 13.5. The average Bonchev–Trinajstić information content (AvgIpc) is 2.93. The predicted molar refractivity (Wildman–Crippen MR) is 77.6 cm³/mol. The van der Waals surface area contributed by atoms with Crippen LogP contribution in [0.1, 0.15) is 52.0 Å².